The zero-order valence-corrected chi connectivity index (χ0v) is 15.4. The van der Waals surface area contributed by atoms with Gasteiger partial charge in [-0.3, -0.25) is 9.36 Å². The molecule has 1 amide bonds. The van der Waals surface area contributed by atoms with E-state index in [2.05, 4.69) is 10.2 Å². The summed E-state index contributed by atoms with van der Waals surface area (Å²) < 4.78 is 1.90. The van der Waals surface area contributed by atoms with Gasteiger partial charge in [-0.1, -0.05) is 53.2 Å². The summed E-state index contributed by atoms with van der Waals surface area (Å²) in [5, 5.41) is 10.3. The number of rotatable bonds is 6. The van der Waals surface area contributed by atoms with Gasteiger partial charge in [-0.15, -0.1) is 10.2 Å². The molecular weight excluding hydrogens is 379 g/mol. The van der Waals surface area contributed by atoms with Gasteiger partial charge in [-0.05, 0) is 30.3 Å². The van der Waals surface area contributed by atoms with Crippen molar-refractivity contribution in [3.05, 3.63) is 58.6 Å². The molecule has 0 atom stereocenters. The Bertz CT molecular complexity index is 899. The number of nitrogens with zero attached hydrogens (tertiary/aromatic N) is 3. The molecule has 0 radical (unpaired) electrons. The van der Waals surface area contributed by atoms with Crippen molar-refractivity contribution in [2.45, 2.75) is 11.6 Å². The number of thioether (sulfide) groups is 1. The second kappa shape index (κ2) is 7.91. The Morgan fingerprint density at radius 1 is 1.12 bits per heavy atom. The number of nitrogens with two attached hydrogens (primary N) is 1. The van der Waals surface area contributed by atoms with Crippen molar-refractivity contribution in [1.29, 1.82) is 0 Å². The Balaban J connectivity index is 2.06. The first kappa shape index (κ1) is 17.8. The van der Waals surface area contributed by atoms with Crippen molar-refractivity contribution in [3.63, 3.8) is 0 Å². The summed E-state index contributed by atoms with van der Waals surface area (Å²) in [6, 6.07) is 14.9. The molecule has 5 nitrogen and oxygen atoms in total. The molecule has 1 aromatic heterocycles. The zero-order chi connectivity index (χ0) is 17.8. The van der Waals surface area contributed by atoms with Crippen LogP contribution in [0.2, 0.25) is 10.0 Å². The molecule has 0 aliphatic rings. The predicted octanol–water partition coefficient (Wildman–Crippen LogP) is 4.21. The highest BCUT2D eigenvalue weighted by molar-refractivity contribution is 7.99. The van der Waals surface area contributed by atoms with Crippen LogP contribution in [-0.4, -0.2) is 26.4 Å². The standard InChI is InChI=1S/C17H14Cl2N4OS/c18-11-6-7-13(14(19)10-11)16-21-22-17(25-9-8-15(20)24)23(16)12-4-2-1-3-5-12/h1-7,10H,8-9H2,(H2,20,24). The molecule has 0 bridgehead atoms. The first-order valence-corrected chi connectivity index (χ1v) is 9.18. The zero-order valence-electron chi connectivity index (χ0n) is 13.0. The number of amides is 1. The SMILES string of the molecule is NC(=O)CCSc1nnc(-c2ccc(Cl)cc2Cl)n1-c1ccccc1. The fraction of sp³-hybridized carbons (Fsp3) is 0.118. The molecule has 0 unspecified atom stereocenters. The molecule has 0 fully saturated rings. The topological polar surface area (TPSA) is 73.8 Å². The Morgan fingerprint density at radius 3 is 2.56 bits per heavy atom. The smallest absolute Gasteiger partial charge is 0.218 e. The van der Waals surface area contributed by atoms with Gasteiger partial charge in [-0.2, -0.15) is 0 Å². The number of halogens is 2. The summed E-state index contributed by atoms with van der Waals surface area (Å²) in [4.78, 5) is 11.0. The van der Waals surface area contributed by atoms with Crippen LogP contribution < -0.4 is 5.73 Å². The number of aromatic nitrogens is 3. The molecule has 0 saturated heterocycles. The van der Waals surface area contributed by atoms with Crippen LogP contribution in [0.5, 0.6) is 0 Å². The number of carbonyl (C=O) groups is 1. The van der Waals surface area contributed by atoms with Crippen molar-refractivity contribution in [3.8, 4) is 17.1 Å². The third-order valence-electron chi connectivity index (χ3n) is 3.40. The molecule has 2 aromatic carbocycles. The lowest BCUT2D eigenvalue weighted by molar-refractivity contribution is -0.117. The molecule has 0 saturated carbocycles. The molecule has 0 spiro atoms. The number of carbonyl (C=O) groups excluding carboxylic acids is 1. The van der Waals surface area contributed by atoms with Gasteiger partial charge >= 0.3 is 0 Å². The monoisotopic (exact) mass is 392 g/mol. The van der Waals surface area contributed by atoms with E-state index in [-0.39, 0.29) is 12.3 Å². The first-order valence-electron chi connectivity index (χ1n) is 7.43. The van der Waals surface area contributed by atoms with Gasteiger partial charge in [0.25, 0.3) is 0 Å². The van der Waals surface area contributed by atoms with E-state index in [0.29, 0.717) is 26.8 Å². The third-order valence-corrected chi connectivity index (χ3v) is 4.88. The summed E-state index contributed by atoms with van der Waals surface area (Å²) in [5.74, 6) is 0.781. The molecular formula is C17H14Cl2N4OS. The number of para-hydroxylation sites is 1. The molecule has 3 aromatic rings. The highest BCUT2D eigenvalue weighted by atomic mass is 35.5. The van der Waals surface area contributed by atoms with E-state index in [1.165, 1.54) is 11.8 Å². The van der Waals surface area contributed by atoms with Gasteiger partial charge in [0.1, 0.15) is 0 Å². The molecule has 0 aliphatic carbocycles. The quantitative estimate of drug-likeness (QED) is 0.637. The molecule has 128 valence electrons. The molecule has 1 heterocycles. The van der Waals surface area contributed by atoms with E-state index >= 15 is 0 Å². The lowest BCUT2D eigenvalue weighted by Gasteiger charge is -2.11. The van der Waals surface area contributed by atoms with Crippen LogP contribution in [0.1, 0.15) is 6.42 Å². The maximum absolute atomic E-state index is 11.0. The fourth-order valence-electron chi connectivity index (χ4n) is 2.26. The first-order chi connectivity index (χ1) is 12.1. The van der Waals surface area contributed by atoms with Gasteiger partial charge in [-0.25, -0.2) is 0 Å². The van der Waals surface area contributed by atoms with Crippen molar-refractivity contribution < 1.29 is 4.79 Å². The normalized spacial score (nSPS) is 10.8. The molecule has 25 heavy (non-hydrogen) atoms. The van der Waals surface area contributed by atoms with Gasteiger partial charge in [0, 0.05) is 28.4 Å². The summed E-state index contributed by atoms with van der Waals surface area (Å²) >= 11 is 13.7. The van der Waals surface area contributed by atoms with Crippen molar-refractivity contribution in [2.24, 2.45) is 5.73 Å². The Morgan fingerprint density at radius 2 is 1.88 bits per heavy atom. The Kier molecular flexibility index (Phi) is 5.63. The number of hydrogen-bond donors (Lipinski definition) is 1. The maximum Gasteiger partial charge on any atom is 0.218 e. The van der Waals surface area contributed by atoms with Crippen LogP contribution in [-0.2, 0) is 4.79 Å². The fourth-order valence-corrected chi connectivity index (χ4v) is 3.66. The van der Waals surface area contributed by atoms with E-state index < -0.39 is 0 Å². The van der Waals surface area contributed by atoms with Crippen molar-refractivity contribution in [1.82, 2.24) is 14.8 Å². The Labute approximate surface area is 159 Å². The van der Waals surface area contributed by atoms with Crippen molar-refractivity contribution in [2.75, 3.05) is 5.75 Å². The molecule has 0 aliphatic heterocycles. The molecule has 2 N–H and O–H groups in total. The number of hydrogen-bond acceptors (Lipinski definition) is 4. The lowest BCUT2D eigenvalue weighted by Crippen LogP contribution is -2.11. The lowest BCUT2D eigenvalue weighted by atomic mass is 10.2. The summed E-state index contributed by atoms with van der Waals surface area (Å²) in [6.07, 6.45) is 0.267. The number of benzene rings is 2. The van der Waals surface area contributed by atoms with E-state index in [1.54, 1.807) is 12.1 Å². The minimum Gasteiger partial charge on any atom is -0.370 e. The average Bonchev–Trinajstić information content (AvgIpc) is 2.99. The maximum atomic E-state index is 11.0. The highest BCUT2D eigenvalue weighted by Gasteiger charge is 2.18. The molecule has 8 heteroatoms. The van der Waals surface area contributed by atoms with E-state index in [9.17, 15) is 4.79 Å². The van der Waals surface area contributed by atoms with Crippen molar-refractivity contribution >= 4 is 40.9 Å². The van der Waals surface area contributed by atoms with Gasteiger partial charge in [0.2, 0.25) is 5.91 Å². The van der Waals surface area contributed by atoms with Crippen LogP contribution in [0.15, 0.2) is 53.7 Å². The van der Waals surface area contributed by atoms with Crippen LogP contribution in [0, 0.1) is 0 Å². The van der Waals surface area contributed by atoms with Crippen LogP contribution >= 0.6 is 35.0 Å². The number of primary amides is 1. The summed E-state index contributed by atoms with van der Waals surface area (Å²) in [7, 11) is 0. The second-order valence-corrected chi connectivity index (χ2v) is 7.07. The van der Waals surface area contributed by atoms with Crippen LogP contribution in [0.4, 0.5) is 0 Å². The average molecular weight is 393 g/mol. The van der Waals surface area contributed by atoms with Gasteiger partial charge < -0.3 is 5.73 Å². The minimum absolute atomic E-state index is 0.267. The van der Waals surface area contributed by atoms with Crippen LogP contribution in [0.3, 0.4) is 0 Å². The van der Waals surface area contributed by atoms with E-state index in [4.69, 9.17) is 28.9 Å². The van der Waals surface area contributed by atoms with E-state index in [0.717, 1.165) is 11.3 Å². The largest absolute Gasteiger partial charge is 0.370 e. The Hall–Kier alpha value is -2.02. The summed E-state index contributed by atoms with van der Waals surface area (Å²) in [5.41, 5.74) is 6.84. The van der Waals surface area contributed by atoms with Gasteiger partial charge in [0.15, 0.2) is 11.0 Å². The van der Waals surface area contributed by atoms with Crippen LogP contribution in [0.25, 0.3) is 17.1 Å². The molecule has 3 rings (SSSR count). The second-order valence-electron chi connectivity index (χ2n) is 5.17. The minimum atomic E-state index is -0.348. The third kappa shape index (κ3) is 4.15. The van der Waals surface area contributed by atoms with Gasteiger partial charge in [0.05, 0.1) is 5.02 Å². The van der Waals surface area contributed by atoms with E-state index in [1.807, 2.05) is 41.0 Å². The highest BCUT2D eigenvalue weighted by Crippen LogP contribution is 2.33. The summed E-state index contributed by atoms with van der Waals surface area (Å²) in [6.45, 7) is 0. The predicted molar refractivity (Wildman–Crippen MR) is 101 cm³/mol.